The SMILES string of the molecule is CCCN(CCC)c1cccc(C)c1Cl. The van der Waals surface area contributed by atoms with E-state index in [0.29, 0.717) is 0 Å². The van der Waals surface area contributed by atoms with Gasteiger partial charge >= 0.3 is 0 Å². The summed E-state index contributed by atoms with van der Waals surface area (Å²) in [7, 11) is 0. The lowest BCUT2D eigenvalue weighted by molar-refractivity contribution is 0.745. The number of hydrogen-bond donors (Lipinski definition) is 0. The molecule has 0 aliphatic heterocycles. The molecule has 0 saturated carbocycles. The van der Waals surface area contributed by atoms with Gasteiger partial charge in [0.2, 0.25) is 0 Å². The van der Waals surface area contributed by atoms with Gasteiger partial charge in [0.25, 0.3) is 0 Å². The van der Waals surface area contributed by atoms with E-state index in [1.165, 1.54) is 5.69 Å². The van der Waals surface area contributed by atoms with E-state index < -0.39 is 0 Å². The summed E-state index contributed by atoms with van der Waals surface area (Å²) in [6, 6.07) is 6.25. The van der Waals surface area contributed by atoms with Crippen LogP contribution >= 0.6 is 11.6 Å². The fraction of sp³-hybridized carbons (Fsp3) is 0.538. The molecule has 2 heteroatoms. The molecule has 0 aliphatic rings. The Balaban J connectivity index is 2.94. The van der Waals surface area contributed by atoms with E-state index in [1.807, 2.05) is 0 Å². The van der Waals surface area contributed by atoms with E-state index in [9.17, 15) is 0 Å². The zero-order valence-electron chi connectivity index (χ0n) is 9.89. The Morgan fingerprint density at radius 3 is 2.27 bits per heavy atom. The molecule has 1 aromatic rings. The van der Waals surface area contributed by atoms with Crippen LogP contribution in [-0.2, 0) is 0 Å². The van der Waals surface area contributed by atoms with Gasteiger partial charge in [-0.05, 0) is 31.4 Å². The summed E-state index contributed by atoms with van der Waals surface area (Å²) in [6.45, 7) is 8.62. The Hall–Kier alpha value is -0.690. The predicted molar refractivity (Wildman–Crippen MR) is 69.0 cm³/mol. The van der Waals surface area contributed by atoms with Crippen molar-refractivity contribution < 1.29 is 0 Å². The van der Waals surface area contributed by atoms with Crippen molar-refractivity contribution in [3.8, 4) is 0 Å². The molecular weight excluding hydrogens is 206 g/mol. The summed E-state index contributed by atoms with van der Waals surface area (Å²) in [5.74, 6) is 0. The molecule has 0 saturated heterocycles. The van der Waals surface area contributed by atoms with Crippen molar-refractivity contribution in [3.63, 3.8) is 0 Å². The van der Waals surface area contributed by atoms with Gasteiger partial charge in [0.15, 0.2) is 0 Å². The monoisotopic (exact) mass is 225 g/mol. The zero-order valence-corrected chi connectivity index (χ0v) is 10.6. The van der Waals surface area contributed by atoms with Crippen LogP contribution in [-0.4, -0.2) is 13.1 Å². The van der Waals surface area contributed by atoms with Crippen molar-refractivity contribution in [1.82, 2.24) is 0 Å². The highest BCUT2D eigenvalue weighted by Gasteiger charge is 2.09. The first-order valence-corrected chi connectivity index (χ1v) is 6.08. The van der Waals surface area contributed by atoms with Gasteiger partial charge in [-0.15, -0.1) is 0 Å². The Bertz CT molecular complexity index is 303. The average molecular weight is 226 g/mol. The Morgan fingerprint density at radius 2 is 1.73 bits per heavy atom. The number of hydrogen-bond acceptors (Lipinski definition) is 1. The van der Waals surface area contributed by atoms with Crippen LogP contribution in [0.2, 0.25) is 5.02 Å². The normalized spacial score (nSPS) is 10.4. The molecule has 0 unspecified atom stereocenters. The number of anilines is 1. The van der Waals surface area contributed by atoms with E-state index in [4.69, 9.17) is 11.6 Å². The van der Waals surface area contributed by atoms with Gasteiger partial charge in [0.1, 0.15) is 0 Å². The van der Waals surface area contributed by atoms with Gasteiger partial charge in [-0.25, -0.2) is 0 Å². The first-order valence-electron chi connectivity index (χ1n) is 5.70. The smallest absolute Gasteiger partial charge is 0.0668 e. The number of aryl methyl sites for hydroxylation is 1. The van der Waals surface area contributed by atoms with Gasteiger partial charge in [0, 0.05) is 13.1 Å². The van der Waals surface area contributed by atoms with Crippen LogP contribution in [0.3, 0.4) is 0 Å². The molecule has 0 amide bonds. The minimum Gasteiger partial charge on any atom is -0.370 e. The second-order valence-corrected chi connectivity index (χ2v) is 4.27. The molecule has 0 radical (unpaired) electrons. The largest absolute Gasteiger partial charge is 0.370 e. The van der Waals surface area contributed by atoms with Crippen molar-refractivity contribution in [2.24, 2.45) is 0 Å². The molecule has 0 N–H and O–H groups in total. The van der Waals surface area contributed by atoms with E-state index >= 15 is 0 Å². The molecule has 84 valence electrons. The summed E-state index contributed by atoms with van der Waals surface area (Å²) in [6.07, 6.45) is 2.31. The van der Waals surface area contributed by atoms with Crippen LogP contribution in [0.15, 0.2) is 18.2 Å². The minimum absolute atomic E-state index is 0.902. The minimum atomic E-state index is 0.902. The number of nitrogens with zero attached hydrogens (tertiary/aromatic N) is 1. The topological polar surface area (TPSA) is 3.24 Å². The molecule has 0 aliphatic carbocycles. The zero-order chi connectivity index (χ0) is 11.3. The molecule has 0 bridgehead atoms. The fourth-order valence-electron chi connectivity index (χ4n) is 1.77. The van der Waals surface area contributed by atoms with Crippen LogP contribution < -0.4 is 4.90 Å². The molecule has 1 nitrogen and oxygen atoms in total. The molecule has 0 fully saturated rings. The highest BCUT2D eigenvalue weighted by Crippen LogP contribution is 2.28. The summed E-state index contributed by atoms with van der Waals surface area (Å²) in [5.41, 5.74) is 2.34. The lowest BCUT2D eigenvalue weighted by Crippen LogP contribution is -2.25. The van der Waals surface area contributed by atoms with Crippen LogP contribution in [0, 0.1) is 6.92 Å². The number of rotatable bonds is 5. The number of benzene rings is 1. The third kappa shape index (κ3) is 3.13. The highest BCUT2D eigenvalue weighted by molar-refractivity contribution is 6.34. The van der Waals surface area contributed by atoms with Crippen molar-refractivity contribution in [2.45, 2.75) is 33.6 Å². The molecule has 15 heavy (non-hydrogen) atoms. The van der Waals surface area contributed by atoms with E-state index in [-0.39, 0.29) is 0 Å². The summed E-state index contributed by atoms with van der Waals surface area (Å²) >= 11 is 6.32. The highest BCUT2D eigenvalue weighted by atomic mass is 35.5. The van der Waals surface area contributed by atoms with Crippen LogP contribution in [0.1, 0.15) is 32.3 Å². The van der Waals surface area contributed by atoms with E-state index in [0.717, 1.165) is 36.5 Å². The molecule has 0 atom stereocenters. The van der Waals surface area contributed by atoms with Crippen molar-refractivity contribution in [2.75, 3.05) is 18.0 Å². The van der Waals surface area contributed by atoms with Crippen molar-refractivity contribution in [1.29, 1.82) is 0 Å². The Kier molecular flexibility index (Phi) is 4.97. The fourth-order valence-corrected chi connectivity index (χ4v) is 2.01. The van der Waals surface area contributed by atoms with Crippen LogP contribution in [0.5, 0.6) is 0 Å². The maximum atomic E-state index is 6.32. The van der Waals surface area contributed by atoms with Crippen LogP contribution in [0.25, 0.3) is 0 Å². The molecule has 1 rings (SSSR count). The van der Waals surface area contributed by atoms with Crippen LogP contribution in [0.4, 0.5) is 5.69 Å². The summed E-state index contributed by atoms with van der Waals surface area (Å²) < 4.78 is 0. The lowest BCUT2D eigenvalue weighted by Gasteiger charge is -2.25. The van der Waals surface area contributed by atoms with E-state index in [1.54, 1.807) is 0 Å². The molecule has 1 aromatic carbocycles. The van der Waals surface area contributed by atoms with Crippen molar-refractivity contribution in [3.05, 3.63) is 28.8 Å². The van der Waals surface area contributed by atoms with Gasteiger partial charge in [-0.1, -0.05) is 37.6 Å². The quantitative estimate of drug-likeness (QED) is 0.723. The summed E-state index contributed by atoms with van der Waals surface area (Å²) in [5, 5.41) is 0.902. The Morgan fingerprint density at radius 1 is 1.13 bits per heavy atom. The third-order valence-corrected chi connectivity index (χ3v) is 2.99. The predicted octanol–water partition coefficient (Wildman–Crippen LogP) is 4.27. The second-order valence-electron chi connectivity index (χ2n) is 3.90. The van der Waals surface area contributed by atoms with E-state index in [2.05, 4.69) is 43.9 Å². The number of halogens is 1. The molecule has 0 heterocycles. The molecule has 0 aromatic heterocycles. The maximum Gasteiger partial charge on any atom is 0.0668 e. The van der Waals surface area contributed by atoms with Gasteiger partial charge < -0.3 is 4.90 Å². The van der Waals surface area contributed by atoms with Crippen molar-refractivity contribution >= 4 is 17.3 Å². The first-order chi connectivity index (χ1) is 7.20. The van der Waals surface area contributed by atoms with Gasteiger partial charge in [-0.2, -0.15) is 0 Å². The summed E-state index contributed by atoms with van der Waals surface area (Å²) in [4.78, 5) is 2.37. The lowest BCUT2D eigenvalue weighted by atomic mass is 10.2. The standard InChI is InChI=1S/C13H20ClN/c1-4-9-15(10-5-2)12-8-6-7-11(3)13(12)14/h6-8H,4-5,9-10H2,1-3H3. The third-order valence-electron chi connectivity index (χ3n) is 2.50. The molecule has 0 spiro atoms. The first kappa shape index (κ1) is 12.4. The van der Waals surface area contributed by atoms with Gasteiger partial charge in [-0.3, -0.25) is 0 Å². The van der Waals surface area contributed by atoms with Gasteiger partial charge in [0.05, 0.1) is 10.7 Å². The molecular formula is C13H20ClN. The maximum absolute atomic E-state index is 6.32. The average Bonchev–Trinajstić information content (AvgIpc) is 2.22. The second kappa shape index (κ2) is 6.02. The Labute approximate surface area is 98.0 Å².